The fourth-order valence-electron chi connectivity index (χ4n) is 2.86. The summed E-state index contributed by atoms with van der Waals surface area (Å²) >= 11 is 0. The number of nitrogens with one attached hydrogen (secondary N) is 1. The molecule has 0 unspecified atom stereocenters. The minimum absolute atomic E-state index is 0.0242. The minimum Gasteiger partial charge on any atom is -0.506 e. The summed E-state index contributed by atoms with van der Waals surface area (Å²) in [4.78, 5) is 12.7. The summed E-state index contributed by atoms with van der Waals surface area (Å²) in [6.07, 6.45) is 1.66. The third-order valence-corrected chi connectivity index (χ3v) is 4.20. The van der Waals surface area contributed by atoms with Gasteiger partial charge in [0.1, 0.15) is 11.6 Å². The second-order valence-corrected chi connectivity index (χ2v) is 6.09. The standard InChI is InChI=1S/C20H15FN4O2/c1-12-8-9-16(17(26)11-12)22-20(27)14-6-4-10-25-18(23-24-19(14)25)13-5-2-3-7-15(13)21/h2-11,26H,1H3,(H,22,27). The van der Waals surface area contributed by atoms with Crippen LogP contribution in [0.25, 0.3) is 17.0 Å². The second-order valence-electron chi connectivity index (χ2n) is 6.09. The number of fused-ring (bicyclic) bond motifs is 1. The predicted molar refractivity (Wildman–Crippen MR) is 99.2 cm³/mol. The van der Waals surface area contributed by atoms with Gasteiger partial charge in [-0.15, -0.1) is 10.2 Å². The number of halogens is 1. The molecule has 2 heterocycles. The van der Waals surface area contributed by atoms with Crippen LogP contribution in [0.3, 0.4) is 0 Å². The highest BCUT2D eigenvalue weighted by Gasteiger charge is 2.18. The largest absolute Gasteiger partial charge is 0.506 e. The van der Waals surface area contributed by atoms with Gasteiger partial charge in [-0.25, -0.2) is 4.39 Å². The van der Waals surface area contributed by atoms with Gasteiger partial charge in [-0.2, -0.15) is 0 Å². The maximum Gasteiger partial charge on any atom is 0.259 e. The zero-order chi connectivity index (χ0) is 19.0. The van der Waals surface area contributed by atoms with Crippen molar-refractivity contribution in [1.29, 1.82) is 0 Å². The summed E-state index contributed by atoms with van der Waals surface area (Å²) in [5.41, 5.74) is 2.01. The molecular formula is C20H15FN4O2. The van der Waals surface area contributed by atoms with Gasteiger partial charge in [0, 0.05) is 6.20 Å². The van der Waals surface area contributed by atoms with Crippen LogP contribution < -0.4 is 5.32 Å². The molecule has 2 aromatic carbocycles. The number of benzene rings is 2. The molecule has 0 bridgehead atoms. The number of nitrogens with zero attached hydrogens (tertiary/aromatic N) is 3. The van der Waals surface area contributed by atoms with Crippen LogP contribution in [0.1, 0.15) is 15.9 Å². The number of pyridine rings is 1. The average Bonchev–Trinajstić information content (AvgIpc) is 3.08. The molecule has 4 rings (SSSR count). The van der Waals surface area contributed by atoms with Crippen molar-refractivity contribution in [2.24, 2.45) is 0 Å². The summed E-state index contributed by atoms with van der Waals surface area (Å²) < 4.78 is 15.7. The molecule has 7 heteroatoms. The van der Waals surface area contributed by atoms with Crippen LogP contribution >= 0.6 is 0 Å². The molecule has 0 aliphatic carbocycles. The van der Waals surface area contributed by atoms with Crippen molar-refractivity contribution in [2.45, 2.75) is 6.92 Å². The lowest BCUT2D eigenvalue weighted by Crippen LogP contribution is -2.13. The number of phenols is 1. The van der Waals surface area contributed by atoms with Gasteiger partial charge in [-0.3, -0.25) is 9.20 Å². The molecule has 0 saturated carbocycles. The Balaban J connectivity index is 1.75. The number of aromatic hydroxyl groups is 1. The van der Waals surface area contributed by atoms with Crippen molar-refractivity contribution in [1.82, 2.24) is 14.6 Å². The molecule has 0 saturated heterocycles. The molecule has 4 aromatic rings. The van der Waals surface area contributed by atoms with Crippen LogP contribution in [0.15, 0.2) is 60.8 Å². The summed E-state index contributed by atoms with van der Waals surface area (Å²) in [6, 6.07) is 14.5. The predicted octanol–water partition coefficient (Wildman–Crippen LogP) is 3.80. The molecule has 0 aliphatic rings. The Bertz CT molecular complexity index is 1170. The van der Waals surface area contributed by atoms with E-state index in [0.717, 1.165) is 5.56 Å². The van der Waals surface area contributed by atoms with Gasteiger partial charge in [0.2, 0.25) is 0 Å². The Morgan fingerprint density at radius 3 is 2.70 bits per heavy atom. The first kappa shape index (κ1) is 16.7. The van der Waals surface area contributed by atoms with Crippen LogP contribution in [-0.4, -0.2) is 25.6 Å². The Kier molecular flexibility index (Phi) is 4.04. The highest BCUT2D eigenvalue weighted by atomic mass is 19.1. The van der Waals surface area contributed by atoms with Crippen molar-refractivity contribution in [3.05, 3.63) is 77.7 Å². The number of anilines is 1. The number of phenolic OH excluding ortho intramolecular Hbond substituents is 1. The van der Waals surface area contributed by atoms with Gasteiger partial charge < -0.3 is 10.4 Å². The van der Waals surface area contributed by atoms with E-state index < -0.39 is 11.7 Å². The van der Waals surface area contributed by atoms with E-state index in [0.29, 0.717) is 22.7 Å². The quantitative estimate of drug-likeness (QED) is 0.543. The number of carbonyl (C=O) groups excluding carboxylic acids is 1. The van der Waals surface area contributed by atoms with Crippen molar-refractivity contribution >= 4 is 17.2 Å². The van der Waals surface area contributed by atoms with Crippen LogP contribution in [0.5, 0.6) is 5.75 Å². The summed E-state index contributed by atoms with van der Waals surface area (Å²) in [5, 5.41) is 20.8. The lowest BCUT2D eigenvalue weighted by molar-refractivity contribution is 0.102. The van der Waals surface area contributed by atoms with E-state index in [1.165, 1.54) is 6.07 Å². The lowest BCUT2D eigenvalue weighted by Gasteiger charge is -2.09. The molecule has 134 valence electrons. The first-order chi connectivity index (χ1) is 13.0. The SMILES string of the molecule is Cc1ccc(NC(=O)c2cccn3c(-c4ccccc4F)nnc23)c(O)c1. The Morgan fingerprint density at radius 1 is 1.11 bits per heavy atom. The number of aryl methyl sites for hydroxylation is 1. The van der Waals surface area contributed by atoms with Gasteiger partial charge in [0.25, 0.3) is 5.91 Å². The molecular weight excluding hydrogens is 347 g/mol. The monoisotopic (exact) mass is 362 g/mol. The molecule has 0 fully saturated rings. The third kappa shape index (κ3) is 2.99. The number of hydrogen-bond acceptors (Lipinski definition) is 4. The molecule has 6 nitrogen and oxygen atoms in total. The van der Waals surface area contributed by atoms with E-state index >= 15 is 0 Å². The average molecular weight is 362 g/mol. The van der Waals surface area contributed by atoms with Gasteiger partial charge in [0.05, 0.1) is 16.8 Å². The number of aromatic nitrogens is 3. The molecule has 2 aromatic heterocycles. The van der Waals surface area contributed by atoms with E-state index in [1.54, 1.807) is 59.1 Å². The van der Waals surface area contributed by atoms with Crippen molar-refractivity contribution in [3.8, 4) is 17.1 Å². The molecule has 2 N–H and O–H groups in total. The zero-order valence-electron chi connectivity index (χ0n) is 14.3. The highest BCUT2D eigenvalue weighted by Crippen LogP contribution is 2.26. The number of carbonyl (C=O) groups is 1. The second kappa shape index (κ2) is 6.53. The normalized spacial score (nSPS) is 10.9. The highest BCUT2D eigenvalue weighted by molar-refractivity contribution is 6.08. The van der Waals surface area contributed by atoms with Crippen LogP contribution in [0.4, 0.5) is 10.1 Å². The van der Waals surface area contributed by atoms with E-state index in [1.807, 2.05) is 6.92 Å². The van der Waals surface area contributed by atoms with Crippen LogP contribution in [-0.2, 0) is 0 Å². The van der Waals surface area contributed by atoms with E-state index in [4.69, 9.17) is 0 Å². The van der Waals surface area contributed by atoms with Gasteiger partial charge in [-0.1, -0.05) is 18.2 Å². The minimum atomic E-state index is -0.452. The smallest absolute Gasteiger partial charge is 0.259 e. The van der Waals surface area contributed by atoms with Gasteiger partial charge in [-0.05, 0) is 48.9 Å². The molecule has 1 amide bonds. The first-order valence-corrected chi connectivity index (χ1v) is 8.24. The lowest BCUT2D eigenvalue weighted by atomic mass is 10.2. The maximum atomic E-state index is 14.1. The fourth-order valence-corrected chi connectivity index (χ4v) is 2.86. The van der Waals surface area contributed by atoms with Gasteiger partial charge >= 0.3 is 0 Å². The molecule has 27 heavy (non-hydrogen) atoms. The number of rotatable bonds is 3. The maximum absolute atomic E-state index is 14.1. The summed E-state index contributed by atoms with van der Waals surface area (Å²) in [5.74, 6) is -0.599. The van der Waals surface area contributed by atoms with E-state index in [9.17, 15) is 14.3 Å². The number of amides is 1. The Morgan fingerprint density at radius 2 is 1.93 bits per heavy atom. The van der Waals surface area contributed by atoms with E-state index in [2.05, 4.69) is 15.5 Å². The summed E-state index contributed by atoms with van der Waals surface area (Å²) in [7, 11) is 0. The molecule has 0 atom stereocenters. The molecule has 0 aliphatic heterocycles. The third-order valence-electron chi connectivity index (χ3n) is 4.20. The van der Waals surface area contributed by atoms with Crippen LogP contribution in [0.2, 0.25) is 0 Å². The molecule has 0 spiro atoms. The van der Waals surface area contributed by atoms with Crippen molar-refractivity contribution in [2.75, 3.05) is 5.32 Å². The van der Waals surface area contributed by atoms with Gasteiger partial charge in [0.15, 0.2) is 11.5 Å². The summed E-state index contributed by atoms with van der Waals surface area (Å²) in [6.45, 7) is 1.84. The first-order valence-electron chi connectivity index (χ1n) is 8.24. The van der Waals surface area contributed by atoms with E-state index in [-0.39, 0.29) is 11.3 Å². The van der Waals surface area contributed by atoms with Crippen molar-refractivity contribution < 1.29 is 14.3 Å². The fraction of sp³-hybridized carbons (Fsp3) is 0.0500. The Hall–Kier alpha value is -3.74. The Labute approximate surface area is 153 Å². The van der Waals surface area contributed by atoms with Crippen molar-refractivity contribution in [3.63, 3.8) is 0 Å². The number of hydrogen-bond donors (Lipinski definition) is 2. The molecule has 0 radical (unpaired) electrons. The topological polar surface area (TPSA) is 79.5 Å². The zero-order valence-corrected chi connectivity index (χ0v) is 14.3. The van der Waals surface area contributed by atoms with Crippen LogP contribution in [0, 0.1) is 12.7 Å².